The highest BCUT2D eigenvalue weighted by atomic mass is 16.5. The van der Waals surface area contributed by atoms with Crippen molar-refractivity contribution in [3.8, 4) is 0 Å². The molecular weight excluding hydrogens is 236 g/mol. The van der Waals surface area contributed by atoms with Gasteiger partial charge in [-0.3, -0.25) is 14.4 Å². The Hall–Kier alpha value is -1.91. The predicted octanol–water partition coefficient (Wildman–Crippen LogP) is 1.33. The van der Waals surface area contributed by atoms with E-state index >= 15 is 0 Å². The van der Waals surface area contributed by atoms with Crippen LogP contribution < -0.4 is 0 Å². The van der Waals surface area contributed by atoms with Crippen molar-refractivity contribution in [1.29, 1.82) is 0 Å². The van der Waals surface area contributed by atoms with Gasteiger partial charge in [0.15, 0.2) is 5.78 Å². The molecule has 0 aliphatic heterocycles. The van der Waals surface area contributed by atoms with Gasteiger partial charge in [-0.25, -0.2) is 0 Å². The van der Waals surface area contributed by atoms with Crippen molar-refractivity contribution in [2.45, 2.75) is 26.7 Å². The van der Waals surface area contributed by atoms with E-state index in [2.05, 4.69) is 0 Å². The van der Waals surface area contributed by atoms with Crippen LogP contribution in [0.5, 0.6) is 0 Å². The molecule has 1 aliphatic rings. The number of rotatable bonds is 5. The van der Waals surface area contributed by atoms with E-state index in [1.54, 1.807) is 0 Å². The molecule has 98 valence electrons. The molecule has 1 rings (SSSR count). The van der Waals surface area contributed by atoms with Crippen LogP contribution in [0.25, 0.3) is 0 Å². The maximum absolute atomic E-state index is 12.1. The zero-order valence-electron chi connectivity index (χ0n) is 11.0. The van der Waals surface area contributed by atoms with Gasteiger partial charge in [0, 0.05) is 12.0 Å². The third-order valence-electron chi connectivity index (χ3n) is 2.73. The molecular formula is C13H16O5. The number of hydrogen-bond donors (Lipinski definition) is 0. The topological polar surface area (TPSA) is 69.7 Å². The number of hydrogen-bond acceptors (Lipinski definition) is 5. The number of allylic oxidation sites excluding steroid dienone is 2. The molecule has 0 aromatic rings. The summed E-state index contributed by atoms with van der Waals surface area (Å²) in [5.74, 6) is -1.74. The van der Waals surface area contributed by atoms with Crippen LogP contribution in [0.2, 0.25) is 0 Å². The molecule has 0 radical (unpaired) electrons. The summed E-state index contributed by atoms with van der Waals surface area (Å²) in [6.45, 7) is 3.28. The van der Waals surface area contributed by atoms with Crippen molar-refractivity contribution >= 4 is 17.3 Å². The van der Waals surface area contributed by atoms with Gasteiger partial charge in [-0.15, -0.1) is 0 Å². The normalized spacial score (nSPS) is 16.2. The minimum absolute atomic E-state index is 0.0838. The Kier molecular flexibility index (Phi) is 4.42. The zero-order chi connectivity index (χ0) is 13.9. The summed E-state index contributed by atoms with van der Waals surface area (Å²) in [5.41, 5.74) is 0.0376. The Bertz CT molecular complexity index is 468. The predicted molar refractivity (Wildman–Crippen MR) is 63.7 cm³/mol. The highest BCUT2D eigenvalue weighted by Crippen LogP contribution is 2.26. The lowest BCUT2D eigenvalue weighted by atomic mass is 9.89. The Morgan fingerprint density at radius 3 is 2.00 bits per heavy atom. The van der Waals surface area contributed by atoms with E-state index in [9.17, 15) is 14.4 Å². The summed E-state index contributed by atoms with van der Waals surface area (Å²) in [7, 11) is 2.55. The third kappa shape index (κ3) is 2.20. The monoisotopic (exact) mass is 252 g/mol. The largest absolute Gasteiger partial charge is 0.489 e. The molecule has 0 atom stereocenters. The first-order chi connectivity index (χ1) is 8.49. The second-order valence-electron chi connectivity index (χ2n) is 3.90. The summed E-state index contributed by atoms with van der Waals surface area (Å²) in [5, 5.41) is 0. The van der Waals surface area contributed by atoms with Crippen molar-refractivity contribution in [1.82, 2.24) is 0 Å². The molecule has 0 aromatic heterocycles. The number of ketones is 3. The van der Waals surface area contributed by atoms with E-state index in [0.717, 1.165) is 0 Å². The Labute approximate surface area is 105 Å². The minimum atomic E-state index is -0.579. The fraction of sp³-hybridized carbons (Fsp3) is 0.462. The van der Waals surface area contributed by atoms with E-state index in [1.807, 2.05) is 6.92 Å². The molecule has 0 aromatic carbocycles. The van der Waals surface area contributed by atoms with E-state index in [1.165, 1.54) is 21.1 Å². The Balaban J connectivity index is 3.31. The fourth-order valence-electron chi connectivity index (χ4n) is 1.83. The molecule has 0 spiro atoms. The van der Waals surface area contributed by atoms with Gasteiger partial charge in [0.25, 0.3) is 0 Å². The van der Waals surface area contributed by atoms with Crippen LogP contribution in [0.4, 0.5) is 0 Å². The van der Waals surface area contributed by atoms with Crippen molar-refractivity contribution in [3.05, 3.63) is 22.7 Å². The lowest BCUT2D eigenvalue weighted by Crippen LogP contribution is -2.28. The summed E-state index contributed by atoms with van der Waals surface area (Å²) in [4.78, 5) is 35.9. The second-order valence-corrected chi connectivity index (χ2v) is 3.90. The lowest BCUT2D eigenvalue weighted by Gasteiger charge is -2.19. The number of carbonyl (C=O) groups excluding carboxylic acids is 3. The molecule has 0 saturated carbocycles. The van der Waals surface area contributed by atoms with Gasteiger partial charge < -0.3 is 9.47 Å². The summed E-state index contributed by atoms with van der Waals surface area (Å²) < 4.78 is 9.76. The molecule has 5 heteroatoms. The van der Waals surface area contributed by atoms with Crippen LogP contribution in [0.3, 0.4) is 0 Å². The molecule has 0 N–H and O–H groups in total. The van der Waals surface area contributed by atoms with Gasteiger partial charge in [0.2, 0.25) is 23.1 Å². The SMILES string of the molecule is CCCC(=O)C1=C(C)C(=O)C(OC)=C(OC)C1=O. The number of carbonyl (C=O) groups is 3. The highest BCUT2D eigenvalue weighted by molar-refractivity contribution is 6.34. The number of Topliss-reactive ketones (excluding diaryl/α,β-unsaturated/α-hetero) is 3. The van der Waals surface area contributed by atoms with Crippen molar-refractivity contribution in [3.63, 3.8) is 0 Å². The van der Waals surface area contributed by atoms with E-state index in [4.69, 9.17) is 9.47 Å². The molecule has 5 nitrogen and oxygen atoms in total. The van der Waals surface area contributed by atoms with Crippen LogP contribution >= 0.6 is 0 Å². The van der Waals surface area contributed by atoms with Crippen LogP contribution in [-0.4, -0.2) is 31.6 Å². The smallest absolute Gasteiger partial charge is 0.235 e. The third-order valence-corrected chi connectivity index (χ3v) is 2.73. The van der Waals surface area contributed by atoms with Crippen molar-refractivity contribution in [2.24, 2.45) is 0 Å². The molecule has 0 saturated heterocycles. The standard InChI is InChI=1S/C13H16O5/c1-5-6-8(14)9-7(2)10(15)12(17-3)13(18-4)11(9)16/h5-6H2,1-4H3. The van der Waals surface area contributed by atoms with Gasteiger partial charge in [-0.2, -0.15) is 0 Å². The molecule has 0 bridgehead atoms. The maximum atomic E-state index is 12.1. The zero-order valence-corrected chi connectivity index (χ0v) is 11.0. The molecule has 0 heterocycles. The summed E-state index contributed by atoms with van der Waals surface area (Å²) >= 11 is 0. The first kappa shape index (κ1) is 14.2. The molecule has 18 heavy (non-hydrogen) atoms. The van der Waals surface area contributed by atoms with Crippen LogP contribution in [-0.2, 0) is 23.9 Å². The lowest BCUT2D eigenvalue weighted by molar-refractivity contribution is -0.125. The van der Waals surface area contributed by atoms with Crippen LogP contribution in [0, 0.1) is 0 Å². The Morgan fingerprint density at radius 2 is 1.56 bits per heavy atom. The second kappa shape index (κ2) is 5.62. The van der Waals surface area contributed by atoms with Gasteiger partial charge in [0.1, 0.15) is 0 Å². The molecule has 1 aliphatic carbocycles. The number of ether oxygens (including phenoxy) is 2. The summed E-state index contributed by atoms with van der Waals surface area (Å²) in [6.07, 6.45) is 0.839. The van der Waals surface area contributed by atoms with Crippen molar-refractivity contribution < 1.29 is 23.9 Å². The van der Waals surface area contributed by atoms with Gasteiger partial charge >= 0.3 is 0 Å². The van der Waals surface area contributed by atoms with Crippen molar-refractivity contribution in [2.75, 3.05) is 14.2 Å². The molecule has 0 unspecified atom stereocenters. The summed E-state index contributed by atoms with van der Waals surface area (Å²) in [6, 6.07) is 0. The van der Waals surface area contributed by atoms with E-state index in [-0.39, 0.29) is 34.9 Å². The Morgan fingerprint density at radius 1 is 1.06 bits per heavy atom. The average Bonchev–Trinajstić information content (AvgIpc) is 2.34. The number of methoxy groups -OCH3 is 2. The first-order valence-corrected chi connectivity index (χ1v) is 5.65. The van der Waals surface area contributed by atoms with E-state index < -0.39 is 11.6 Å². The van der Waals surface area contributed by atoms with Crippen LogP contribution in [0.1, 0.15) is 26.7 Å². The van der Waals surface area contributed by atoms with Crippen LogP contribution in [0.15, 0.2) is 22.7 Å². The first-order valence-electron chi connectivity index (χ1n) is 5.65. The minimum Gasteiger partial charge on any atom is -0.489 e. The molecule has 0 amide bonds. The quantitative estimate of drug-likeness (QED) is 0.545. The highest BCUT2D eigenvalue weighted by Gasteiger charge is 2.37. The fourth-order valence-corrected chi connectivity index (χ4v) is 1.83. The maximum Gasteiger partial charge on any atom is 0.235 e. The van der Waals surface area contributed by atoms with Gasteiger partial charge in [-0.05, 0) is 13.3 Å². The molecule has 0 fully saturated rings. The van der Waals surface area contributed by atoms with E-state index in [0.29, 0.717) is 6.42 Å². The average molecular weight is 252 g/mol. The van der Waals surface area contributed by atoms with Gasteiger partial charge in [0.05, 0.1) is 19.8 Å². The van der Waals surface area contributed by atoms with Gasteiger partial charge in [-0.1, -0.05) is 6.92 Å².